The SMILES string of the molecule is CCN(CC)c1ccc(NC(=O)c2ccn(Cn3cc(Br)cn3)n2)cc1. The second kappa shape index (κ2) is 8.18. The highest BCUT2D eigenvalue weighted by atomic mass is 79.9. The van der Waals surface area contributed by atoms with Gasteiger partial charge in [-0.2, -0.15) is 10.2 Å². The molecule has 0 fully saturated rings. The minimum Gasteiger partial charge on any atom is -0.372 e. The van der Waals surface area contributed by atoms with E-state index in [9.17, 15) is 4.79 Å². The summed E-state index contributed by atoms with van der Waals surface area (Å²) in [4.78, 5) is 14.6. The number of hydrogen-bond acceptors (Lipinski definition) is 4. The topological polar surface area (TPSA) is 68.0 Å². The van der Waals surface area contributed by atoms with Gasteiger partial charge in [0.2, 0.25) is 0 Å². The maximum absolute atomic E-state index is 12.4. The summed E-state index contributed by atoms with van der Waals surface area (Å²) in [5.41, 5.74) is 2.25. The van der Waals surface area contributed by atoms with Gasteiger partial charge in [0.1, 0.15) is 6.67 Å². The van der Waals surface area contributed by atoms with E-state index < -0.39 is 0 Å². The molecule has 1 amide bonds. The Morgan fingerprint density at radius 3 is 2.50 bits per heavy atom. The van der Waals surface area contributed by atoms with Gasteiger partial charge in [-0.05, 0) is 60.1 Å². The zero-order chi connectivity index (χ0) is 18.5. The first-order valence-electron chi connectivity index (χ1n) is 8.46. The third-order valence-corrected chi connectivity index (χ3v) is 4.43. The summed E-state index contributed by atoms with van der Waals surface area (Å²) in [6.45, 7) is 6.59. The molecule has 0 atom stereocenters. The molecular formula is C18H21BrN6O. The molecule has 0 aliphatic rings. The average molecular weight is 417 g/mol. The highest BCUT2D eigenvalue weighted by molar-refractivity contribution is 9.10. The fraction of sp³-hybridized carbons (Fsp3) is 0.278. The van der Waals surface area contributed by atoms with Crippen molar-refractivity contribution in [3.63, 3.8) is 0 Å². The number of benzene rings is 1. The molecule has 0 aliphatic heterocycles. The molecule has 136 valence electrons. The molecule has 26 heavy (non-hydrogen) atoms. The Morgan fingerprint density at radius 1 is 1.15 bits per heavy atom. The third-order valence-electron chi connectivity index (χ3n) is 4.02. The lowest BCUT2D eigenvalue weighted by Gasteiger charge is -2.21. The molecule has 0 bridgehead atoms. The van der Waals surface area contributed by atoms with Crippen molar-refractivity contribution >= 4 is 33.2 Å². The van der Waals surface area contributed by atoms with E-state index in [1.165, 1.54) is 0 Å². The molecule has 3 aromatic rings. The number of anilines is 2. The zero-order valence-electron chi connectivity index (χ0n) is 14.8. The molecular weight excluding hydrogens is 396 g/mol. The average Bonchev–Trinajstić information content (AvgIpc) is 3.27. The lowest BCUT2D eigenvalue weighted by molar-refractivity contribution is 0.102. The van der Waals surface area contributed by atoms with Gasteiger partial charge in [0, 0.05) is 36.9 Å². The second-order valence-corrected chi connectivity index (χ2v) is 6.67. The van der Waals surface area contributed by atoms with Gasteiger partial charge in [0.15, 0.2) is 5.69 Å². The van der Waals surface area contributed by atoms with Gasteiger partial charge in [-0.15, -0.1) is 0 Å². The minimum absolute atomic E-state index is 0.235. The van der Waals surface area contributed by atoms with Crippen molar-refractivity contribution in [2.24, 2.45) is 0 Å². The minimum atomic E-state index is -0.235. The quantitative estimate of drug-likeness (QED) is 0.640. The van der Waals surface area contributed by atoms with Crippen LogP contribution in [0.2, 0.25) is 0 Å². The van der Waals surface area contributed by atoms with E-state index in [1.807, 2.05) is 30.5 Å². The van der Waals surface area contributed by atoms with Gasteiger partial charge in [-0.1, -0.05) is 0 Å². The monoisotopic (exact) mass is 416 g/mol. The summed E-state index contributed by atoms with van der Waals surface area (Å²) in [7, 11) is 0. The van der Waals surface area contributed by atoms with Gasteiger partial charge in [0.25, 0.3) is 5.91 Å². The van der Waals surface area contributed by atoms with Gasteiger partial charge < -0.3 is 10.2 Å². The predicted octanol–water partition coefficient (Wildman–Crippen LogP) is 3.45. The molecule has 1 aromatic carbocycles. The van der Waals surface area contributed by atoms with Crippen LogP contribution in [0.25, 0.3) is 0 Å². The normalized spacial score (nSPS) is 10.7. The number of rotatable bonds is 7. The fourth-order valence-corrected chi connectivity index (χ4v) is 2.99. The summed E-state index contributed by atoms with van der Waals surface area (Å²) in [5.74, 6) is -0.235. The van der Waals surface area contributed by atoms with Gasteiger partial charge in [-0.25, -0.2) is 4.68 Å². The first-order valence-corrected chi connectivity index (χ1v) is 9.26. The standard InChI is InChI=1S/C18H21BrN6O/c1-3-23(4-2)16-7-5-15(6-8-16)21-18(26)17-9-10-24(22-17)13-25-12-14(19)11-20-25/h5-12H,3-4,13H2,1-2H3,(H,21,26). The molecule has 0 unspecified atom stereocenters. The Hall–Kier alpha value is -2.61. The number of nitrogens with zero attached hydrogens (tertiary/aromatic N) is 5. The van der Waals surface area contributed by atoms with Crippen LogP contribution in [-0.2, 0) is 6.67 Å². The molecule has 2 heterocycles. The van der Waals surface area contributed by atoms with Crippen molar-refractivity contribution in [3.05, 3.63) is 59.1 Å². The number of nitrogens with one attached hydrogen (secondary N) is 1. The van der Waals surface area contributed by atoms with Gasteiger partial charge in [0.05, 0.1) is 10.7 Å². The van der Waals surface area contributed by atoms with E-state index in [0.717, 1.165) is 28.9 Å². The number of amides is 1. The number of hydrogen-bond donors (Lipinski definition) is 1. The van der Waals surface area contributed by atoms with E-state index in [0.29, 0.717) is 12.4 Å². The molecule has 3 rings (SSSR count). The number of halogens is 1. The first-order chi connectivity index (χ1) is 12.6. The predicted molar refractivity (Wildman–Crippen MR) is 106 cm³/mol. The van der Waals surface area contributed by atoms with E-state index in [4.69, 9.17) is 0 Å². The highest BCUT2D eigenvalue weighted by Gasteiger charge is 2.11. The lowest BCUT2D eigenvalue weighted by atomic mass is 10.2. The molecule has 0 saturated heterocycles. The Balaban J connectivity index is 1.63. The summed E-state index contributed by atoms with van der Waals surface area (Å²) in [6, 6.07) is 9.53. The number of carbonyl (C=O) groups excluding carboxylic acids is 1. The molecule has 1 N–H and O–H groups in total. The van der Waals surface area contributed by atoms with Crippen LogP contribution >= 0.6 is 15.9 Å². The third kappa shape index (κ3) is 4.32. The van der Waals surface area contributed by atoms with Crippen molar-refractivity contribution in [3.8, 4) is 0 Å². The van der Waals surface area contributed by atoms with Crippen LogP contribution in [0.4, 0.5) is 11.4 Å². The summed E-state index contributed by atoms with van der Waals surface area (Å²) in [5, 5.41) is 11.4. The van der Waals surface area contributed by atoms with Crippen molar-refractivity contribution < 1.29 is 4.79 Å². The first kappa shape index (κ1) is 18.2. The molecule has 0 aliphatic carbocycles. The van der Waals surface area contributed by atoms with Crippen molar-refractivity contribution in [1.29, 1.82) is 0 Å². The molecule has 7 nitrogen and oxygen atoms in total. The van der Waals surface area contributed by atoms with Crippen LogP contribution in [0.1, 0.15) is 24.3 Å². The molecule has 0 spiro atoms. The summed E-state index contributed by atoms with van der Waals surface area (Å²) >= 11 is 3.35. The maximum atomic E-state index is 12.4. The lowest BCUT2D eigenvalue weighted by Crippen LogP contribution is -2.21. The Morgan fingerprint density at radius 2 is 1.88 bits per heavy atom. The molecule has 0 saturated carbocycles. The summed E-state index contributed by atoms with van der Waals surface area (Å²) in [6.07, 6.45) is 5.31. The molecule has 8 heteroatoms. The van der Waals surface area contributed by atoms with Crippen LogP contribution in [0.5, 0.6) is 0 Å². The van der Waals surface area contributed by atoms with Crippen molar-refractivity contribution in [2.45, 2.75) is 20.5 Å². The van der Waals surface area contributed by atoms with Gasteiger partial charge >= 0.3 is 0 Å². The maximum Gasteiger partial charge on any atom is 0.276 e. The van der Waals surface area contributed by atoms with Gasteiger partial charge in [-0.3, -0.25) is 9.48 Å². The Kier molecular flexibility index (Phi) is 5.72. The van der Waals surface area contributed by atoms with E-state index in [-0.39, 0.29) is 5.91 Å². The van der Waals surface area contributed by atoms with E-state index >= 15 is 0 Å². The van der Waals surface area contributed by atoms with Crippen molar-refractivity contribution in [2.75, 3.05) is 23.3 Å². The van der Waals surface area contributed by atoms with Crippen LogP contribution in [0.15, 0.2) is 53.4 Å². The molecule has 0 radical (unpaired) electrons. The molecule has 2 aromatic heterocycles. The number of carbonyl (C=O) groups is 1. The van der Waals surface area contributed by atoms with Crippen molar-refractivity contribution in [1.82, 2.24) is 19.6 Å². The van der Waals surface area contributed by atoms with Crippen LogP contribution in [0, 0.1) is 0 Å². The smallest absolute Gasteiger partial charge is 0.276 e. The van der Waals surface area contributed by atoms with E-state index in [1.54, 1.807) is 27.8 Å². The second-order valence-electron chi connectivity index (χ2n) is 5.75. The summed E-state index contributed by atoms with van der Waals surface area (Å²) < 4.78 is 4.29. The fourth-order valence-electron chi connectivity index (χ4n) is 2.67. The zero-order valence-corrected chi connectivity index (χ0v) is 16.3. The Labute approximate surface area is 160 Å². The van der Waals surface area contributed by atoms with Crippen LogP contribution in [0.3, 0.4) is 0 Å². The van der Waals surface area contributed by atoms with E-state index in [2.05, 4.69) is 50.2 Å². The largest absolute Gasteiger partial charge is 0.372 e. The van der Waals surface area contributed by atoms with Crippen LogP contribution < -0.4 is 10.2 Å². The number of aromatic nitrogens is 4. The Bertz CT molecular complexity index is 866. The highest BCUT2D eigenvalue weighted by Crippen LogP contribution is 2.18. The van der Waals surface area contributed by atoms with Crippen LogP contribution in [-0.4, -0.2) is 38.6 Å².